The third kappa shape index (κ3) is 4.35. The number of carbonyl (C=O) groups excluding carboxylic acids is 1. The predicted octanol–water partition coefficient (Wildman–Crippen LogP) is 5.04. The van der Waals surface area contributed by atoms with E-state index in [2.05, 4.69) is 15.4 Å². The second kappa shape index (κ2) is 8.28. The molecule has 0 saturated carbocycles. The van der Waals surface area contributed by atoms with E-state index in [9.17, 15) is 4.79 Å². The predicted molar refractivity (Wildman–Crippen MR) is 115 cm³/mol. The van der Waals surface area contributed by atoms with Gasteiger partial charge in [0.25, 0.3) is 5.91 Å². The minimum absolute atomic E-state index is 0.0140. The zero-order valence-electron chi connectivity index (χ0n) is 16.1. The second-order valence-electron chi connectivity index (χ2n) is 6.66. The first-order valence-electron chi connectivity index (χ1n) is 9.23. The molecule has 6 nitrogen and oxygen atoms in total. The molecular formula is C22H20N4O2S. The molecule has 146 valence electrons. The van der Waals surface area contributed by atoms with E-state index in [1.165, 1.54) is 11.3 Å². The van der Waals surface area contributed by atoms with Gasteiger partial charge in [0.05, 0.1) is 23.7 Å². The average Bonchev–Trinajstić information content (AvgIpc) is 3.39. The molecule has 0 aliphatic carbocycles. The third-order valence-corrected chi connectivity index (χ3v) is 4.98. The van der Waals surface area contributed by atoms with Gasteiger partial charge in [0.15, 0.2) is 0 Å². The summed E-state index contributed by atoms with van der Waals surface area (Å²) in [6.45, 7) is 3.89. The quantitative estimate of drug-likeness (QED) is 0.489. The Morgan fingerprint density at radius 3 is 2.66 bits per heavy atom. The molecule has 0 unspecified atom stereocenters. The van der Waals surface area contributed by atoms with Crippen LogP contribution < -0.4 is 10.1 Å². The fourth-order valence-corrected chi connectivity index (χ4v) is 3.55. The molecule has 0 fully saturated rings. The maximum absolute atomic E-state index is 12.7. The second-order valence-corrected chi connectivity index (χ2v) is 7.52. The van der Waals surface area contributed by atoms with E-state index in [0.717, 1.165) is 16.3 Å². The van der Waals surface area contributed by atoms with Crippen LogP contribution in [0.3, 0.4) is 0 Å². The van der Waals surface area contributed by atoms with E-state index in [4.69, 9.17) is 4.74 Å². The largest absolute Gasteiger partial charge is 0.489 e. The van der Waals surface area contributed by atoms with Crippen LogP contribution in [0.1, 0.15) is 24.3 Å². The highest BCUT2D eigenvalue weighted by Gasteiger charge is 2.15. The van der Waals surface area contributed by atoms with Gasteiger partial charge in [-0.15, -0.1) is 11.3 Å². The van der Waals surface area contributed by atoms with Crippen molar-refractivity contribution in [1.29, 1.82) is 0 Å². The molecular weight excluding hydrogens is 384 g/mol. The highest BCUT2D eigenvalue weighted by molar-refractivity contribution is 7.13. The molecule has 29 heavy (non-hydrogen) atoms. The molecule has 0 aliphatic rings. The summed E-state index contributed by atoms with van der Waals surface area (Å²) in [5, 5.41) is 9.76. The standard InChI is InChI=1S/C22H20N4O2S/c1-15(2)28-20-11-7-6-10-18(20)24-21(27)19-14-29-22(25-19)16-12-23-26(13-16)17-8-4-3-5-9-17/h3-15H,1-2H3,(H,24,27). The first-order valence-corrected chi connectivity index (χ1v) is 10.1. The topological polar surface area (TPSA) is 69.0 Å². The van der Waals surface area contributed by atoms with Crippen molar-refractivity contribution in [2.24, 2.45) is 0 Å². The Bertz CT molecular complexity index is 1120. The summed E-state index contributed by atoms with van der Waals surface area (Å²) in [6, 6.07) is 17.2. The minimum atomic E-state index is -0.275. The molecule has 4 rings (SSSR count). The van der Waals surface area contributed by atoms with Crippen LogP contribution in [0.4, 0.5) is 5.69 Å². The first-order chi connectivity index (χ1) is 14.1. The van der Waals surface area contributed by atoms with Crippen LogP contribution in [0.15, 0.2) is 72.4 Å². The van der Waals surface area contributed by atoms with Crippen LogP contribution in [-0.4, -0.2) is 26.8 Å². The van der Waals surface area contributed by atoms with E-state index in [-0.39, 0.29) is 12.0 Å². The van der Waals surface area contributed by atoms with Crippen molar-refractivity contribution in [3.8, 4) is 22.0 Å². The van der Waals surface area contributed by atoms with Gasteiger partial charge >= 0.3 is 0 Å². The maximum atomic E-state index is 12.7. The molecule has 1 N–H and O–H groups in total. The molecule has 7 heteroatoms. The van der Waals surface area contributed by atoms with Crippen molar-refractivity contribution in [2.45, 2.75) is 20.0 Å². The van der Waals surface area contributed by atoms with Gasteiger partial charge < -0.3 is 10.1 Å². The zero-order valence-corrected chi connectivity index (χ0v) is 16.9. The number of rotatable bonds is 6. The van der Waals surface area contributed by atoms with Crippen LogP contribution in [-0.2, 0) is 0 Å². The number of nitrogens with one attached hydrogen (secondary N) is 1. The Labute approximate surface area is 172 Å². The lowest BCUT2D eigenvalue weighted by Gasteiger charge is -2.14. The van der Waals surface area contributed by atoms with Gasteiger partial charge in [0, 0.05) is 17.1 Å². The number of thiazole rings is 1. The number of carbonyl (C=O) groups is 1. The Morgan fingerprint density at radius 1 is 1.10 bits per heavy atom. The van der Waals surface area contributed by atoms with Crippen LogP contribution in [0.5, 0.6) is 5.75 Å². The molecule has 2 heterocycles. The van der Waals surface area contributed by atoms with Gasteiger partial charge in [-0.1, -0.05) is 30.3 Å². The molecule has 2 aromatic heterocycles. The number of benzene rings is 2. The van der Waals surface area contributed by atoms with Crippen molar-refractivity contribution >= 4 is 22.9 Å². The van der Waals surface area contributed by atoms with E-state index in [0.29, 0.717) is 17.1 Å². The molecule has 0 aliphatic heterocycles. The van der Waals surface area contributed by atoms with Crippen molar-refractivity contribution < 1.29 is 9.53 Å². The van der Waals surface area contributed by atoms with Gasteiger partial charge in [-0.05, 0) is 38.1 Å². The fourth-order valence-electron chi connectivity index (χ4n) is 2.78. The van der Waals surface area contributed by atoms with Gasteiger partial charge in [0.1, 0.15) is 16.5 Å². The lowest BCUT2D eigenvalue weighted by molar-refractivity contribution is 0.102. The summed E-state index contributed by atoms with van der Waals surface area (Å²) in [7, 11) is 0. The Kier molecular flexibility index (Phi) is 5.39. The van der Waals surface area contributed by atoms with Gasteiger partial charge in [0.2, 0.25) is 0 Å². The number of aromatic nitrogens is 3. The monoisotopic (exact) mass is 404 g/mol. The summed E-state index contributed by atoms with van der Waals surface area (Å²) in [5.41, 5.74) is 2.81. The SMILES string of the molecule is CC(C)Oc1ccccc1NC(=O)c1csc(-c2cnn(-c3ccccc3)c2)n1. The Balaban J connectivity index is 1.51. The first kappa shape index (κ1) is 18.9. The fraction of sp³-hybridized carbons (Fsp3) is 0.136. The summed E-state index contributed by atoms with van der Waals surface area (Å²) in [4.78, 5) is 17.2. The van der Waals surface area contributed by atoms with E-state index in [1.807, 2.05) is 74.6 Å². The van der Waals surface area contributed by atoms with Crippen molar-refractivity contribution in [2.75, 3.05) is 5.32 Å². The average molecular weight is 404 g/mol. The Morgan fingerprint density at radius 2 is 1.86 bits per heavy atom. The van der Waals surface area contributed by atoms with Crippen molar-refractivity contribution in [3.05, 3.63) is 78.1 Å². The molecule has 2 aromatic carbocycles. The van der Waals surface area contributed by atoms with E-state index < -0.39 is 0 Å². The highest BCUT2D eigenvalue weighted by Crippen LogP contribution is 2.27. The lowest BCUT2D eigenvalue weighted by Crippen LogP contribution is -2.14. The summed E-state index contributed by atoms with van der Waals surface area (Å²) < 4.78 is 7.55. The van der Waals surface area contributed by atoms with E-state index in [1.54, 1.807) is 16.3 Å². The maximum Gasteiger partial charge on any atom is 0.275 e. The molecule has 4 aromatic rings. The van der Waals surface area contributed by atoms with Gasteiger partial charge in [-0.2, -0.15) is 5.10 Å². The molecule has 1 amide bonds. The molecule has 0 bridgehead atoms. The normalized spacial score (nSPS) is 10.9. The minimum Gasteiger partial charge on any atom is -0.489 e. The van der Waals surface area contributed by atoms with Crippen molar-refractivity contribution in [3.63, 3.8) is 0 Å². The smallest absolute Gasteiger partial charge is 0.275 e. The number of nitrogens with zero attached hydrogens (tertiary/aromatic N) is 3. The number of ether oxygens (including phenoxy) is 1. The highest BCUT2D eigenvalue weighted by atomic mass is 32.1. The van der Waals surface area contributed by atoms with Crippen molar-refractivity contribution in [1.82, 2.24) is 14.8 Å². The summed E-state index contributed by atoms with van der Waals surface area (Å²) in [5.74, 6) is 0.359. The molecule has 0 spiro atoms. The van der Waals surface area contributed by atoms with Gasteiger partial charge in [-0.25, -0.2) is 9.67 Å². The van der Waals surface area contributed by atoms with Crippen LogP contribution in [0.2, 0.25) is 0 Å². The van der Waals surface area contributed by atoms with Crippen LogP contribution in [0, 0.1) is 0 Å². The number of hydrogen-bond acceptors (Lipinski definition) is 5. The summed E-state index contributed by atoms with van der Waals surface area (Å²) >= 11 is 1.41. The Hall–Kier alpha value is -3.45. The van der Waals surface area contributed by atoms with Gasteiger partial charge in [-0.3, -0.25) is 4.79 Å². The number of hydrogen-bond donors (Lipinski definition) is 1. The summed E-state index contributed by atoms with van der Waals surface area (Å²) in [6.07, 6.45) is 3.67. The number of amides is 1. The number of para-hydroxylation sites is 3. The molecule has 0 saturated heterocycles. The molecule has 0 atom stereocenters. The number of anilines is 1. The third-order valence-electron chi connectivity index (χ3n) is 4.09. The van der Waals surface area contributed by atoms with Crippen LogP contribution in [0.25, 0.3) is 16.3 Å². The van der Waals surface area contributed by atoms with Crippen LogP contribution >= 0.6 is 11.3 Å². The zero-order chi connectivity index (χ0) is 20.2. The van der Waals surface area contributed by atoms with E-state index >= 15 is 0 Å². The lowest BCUT2D eigenvalue weighted by atomic mass is 10.2. The molecule has 0 radical (unpaired) electrons.